The van der Waals surface area contributed by atoms with E-state index in [1.54, 1.807) is 12.3 Å². The van der Waals surface area contributed by atoms with E-state index >= 15 is 0 Å². The molecule has 0 radical (unpaired) electrons. The fraction of sp³-hybridized carbons (Fsp3) is 0.390. The van der Waals surface area contributed by atoms with Crippen molar-refractivity contribution >= 4 is 66.6 Å². The molecule has 0 spiro atoms. The summed E-state index contributed by atoms with van der Waals surface area (Å²) in [6, 6.07) is 9.86. The van der Waals surface area contributed by atoms with Crippen LogP contribution in [0.25, 0.3) is 34.4 Å². The molecule has 69 heavy (non-hydrogen) atoms. The summed E-state index contributed by atoms with van der Waals surface area (Å²) in [4.78, 5) is 51.1. The smallest absolute Gasteiger partial charge is 0.370 e. The van der Waals surface area contributed by atoms with E-state index in [0.717, 1.165) is 22.0 Å². The van der Waals surface area contributed by atoms with Gasteiger partial charge in [-0.25, -0.2) is 36.8 Å². The molecule has 366 valence electrons. The number of hydrogen-bond donors (Lipinski definition) is 5. The Morgan fingerprint density at radius 2 is 1.28 bits per heavy atom. The van der Waals surface area contributed by atoms with E-state index in [2.05, 4.69) is 78.4 Å². The molecule has 2 saturated carbocycles. The summed E-state index contributed by atoms with van der Waals surface area (Å²) in [5.74, 6) is -1.24. The number of rotatable bonds is 15. The summed E-state index contributed by atoms with van der Waals surface area (Å²) in [6.07, 6.45) is 9.46. The van der Waals surface area contributed by atoms with Gasteiger partial charge in [0.1, 0.15) is 23.0 Å². The second-order valence-corrected chi connectivity index (χ2v) is 17.5. The number of guanidine groups is 1. The van der Waals surface area contributed by atoms with E-state index in [-0.39, 0.29) is 54.9 Å². The molecule has 4 aromatic heterocycles. The summed E-state index contributed by atoms with van der Waals surface area (Å²) >= 11 is 7.42. The highest BCUT2D eigenvalue weighted by Crippen LogP contribution is 2.33. The average molecular weight is 1110 g/mol. The summed E-state index contributed by atoms with van der Waals surface area (Å²) in [7, 11) is 0. The standard InChI is InChI=1S/C19H19BrFN7O4.C13H11BrFN5O3.C7H12N2OS.C2H3N/c20-12-9-11(5-6-13(12)21)28-17(27-31-19(28)30)16-14(25-32-26-16)2-1-7-23-18(22)24-15(29)8-10-3-4-10;14-8-6-7(3-4-9(8)15)20-12(19-22-13(20)21)11-10(2-1-5-16)17-23-18-11;1-11-7(8)9-6(10)4-5-2-3-5;1-2-3/h5-6,9-10H,1-4,7-8H2,(H3,22,23,24,29);3-4,6H,1-2,5,16H2;5H,2-4H2,1H3,(H2,8,9,10);1H3. The Bertz CT molecular complexity index is 2900. The first-order valence-corrected chi connectivity index (χ1v) is 23.7. The molecule has 28 heteroatoms. The third kappa shape index (κ3) is 15.9. The van der Waals surface area contributed by atoms with Gasteiger partial charge in [0.15, 0.2) is 22.5 Å². The Hall–Kier alpha value is -6.70. The molecule has 2 aliphatic carbocycles. The Morgan fingerprint density at radius 3 is 1.70 bits per heavy atom. The molecular weight excluding hydrogens is 1060 g/mol. The van der Waals surface area contributed by atoms with Gasteiger partial charge in [0.2, 0.25) is 23.5 Å². The van der Waals surface area contributed by atoms with E-state index in [1.165, 1.54) is 67.9 Å². The maximum Gasteiger partial charge on any atom is 0.446 e. The predicted octanol–water partition coefficient (Wildman–Crippen LogP) is 5.34. The lowest BCUT2D eigenvalue weighted by Gasteiger charge is -2.05. The molecular formula is C41H45Br2F2N15O8S. The molecule has 6 aromatic rings. The number of nitriles is 1. The Balaban J connectivity index is 0.000000208. The van der Waals surface area contributed by atoms with Crippen molar-refractivity contribution in [1.82, 2.24) is 50.7 Å². The number of nitrogens with zero attached hydrogens (tertiary/aromatic N) is 10. The molecule has 8 rings (SSSR count). The van der Waals surface area contributed by atoms with Crippen LogP contribution in [0.2, 0.25) is 0 Å². The van der Waals surface area contributed by atoms with Gasteiger partial charge >= 0.3 is 11.5 Å². The van der Waals surface area contributed by atoms with Crippen LogP contribution >= 0.6 is 43.6 Å². The first-order chi connectivity index (χ1) is 33.2. The molecule has 4 heterocycles. The zero-order valence-electron chi connectivity index (χ0n) is 36.9. The molecule has 0 unspecified atom stereocenters. The average Bonchev–Trinajstić information content (AvgIpc) is 4.08. The number of carbonyl (C=O) groups excluding carboxylic acids is 2. The molecule has 2 aromatic carbocycles. The number of halogens is 4. The van der Waals surface area contributed by atoms with Gasteiger partial charge < -0.3 is 16.8 Å². The van der Waals surface area contributed by atoms with Crippen molar-refractivity contribution in [2.75, 3.05) is 19.3 Å². The zero-order chi connectivity index (χ0) is 50.0. The maximum absolute atomic E-state index is 13.6. The van der Waals surface area contributed by atoms with E-state index in [9.17, 15) is 28.0 Å². The zero-order valence-corrected chi connectivity index (χ0v) is 40.9. The van der Waals surface area contributed by atoms with Crippen molar-refractivity contribution in [2.24, 2.45) is 28.3 Å². The molecule has 0 saturated heterocycles. The van der Waals surface area contributed by atoms with Gasteiger partial charge in [0.05, 0.1) is 26.4 Å². The second-order valence-electron chi connectivity index (χ2n) is 14.9. The molecule has 2 aliphatic rings. The van der Waals surface area contributed by atoms with E-state index in [0.29, 0.717) is 86.2 Å². The number of thioether (sulfide) groups is 1. The van der Waals surface area contributed by atoms with Gasteiger partial charge in [0.25, 0.3) is 0 Å². The number of hydrogen-bond acceptors (Lipinski definition) is 19. The number of aliphatic imine (C=N–C) groups is 1. The topological polar surface area (TPSA) is 344 Å². The molecule has 0 aliphatic heterocycles. The Morgan fingerprint density at radius 1 is 0.826 bits per heavy atom. The molecule has 2 fully saturated rings. The highest BCUT2D eigenvalue weighted by molar-refractivity contribution is 9.10. The third-order valence-corrected chi connectivity index (χ3v) is 11.3. The first-order valence-electron chi connectivity index (χ1n) is 20.9. The number of nitrogens with one attached hydrogen (secondary N) is 3. The SMILES string of the molecule is CC#N.CSC(=N)NC(=O)CC1CC1.NC(=NCCCc1nonc1-c1noc(=O)n1-c1ccc(F)c(Br)c1)NC(=O)CC1CC1.NCCCc1nonc1-c1noc(=O)n1-c1ccc(F)c(Br)c1. The number of amidine groups is 1. The highest BCUT2D eigenvalue weighted by Gasteiger charge is 2.27. The van der Waals surface area contributed by atoms with Crippen molar-refractivity contribution in [3.05, 3.63) is 89.5 Å². The minimum Gasteiger partial charge on any atom is -0.370 e. The molecule has 23 nitrogen and oxygen atoms in total. The lowest BCUT2D eigenvalue weighted by molar-refractivity contribution is -0.120. The van der Waals surface area contributed by atoms with Crippen LogP contribution in [0.5, 0.6) is 0 Å². The molecule has 2 amide bonds. The van der Waals surface area contributed by atoms with Crippen LogP contribution < -0.4 is 33.6 Å². The summed E-state index contributed by atoms with van der Waals surface area (Å²) in [5, 5.41) is 42.6. The van der Waals surface area contributed by atoms with Crippen LogP contribution in [-0.4, -0.2) is 82.4 Å². The van der Waals surface area contributed by atoms with Crippen molar-refractivity contribution in [2.45, 2.75) is 71.1 Å². The van der Waals surface area contributed by atoms with Gasteiger partial charge in [-0.3, -0.25) is 34.4 Å². The minimum atomic E-state index is -0.772. The monoisotopic (exact) mass is 1100 g/mol. The van der Waals surface area contributed by atoms with Crippen molar-refractivity contribution in [3.8, 4) is 40.5 Å². The minimum absolute atomic E-state index is 0.00755. The van der Waals surface area contributed by atoms with Crippen molar-refractivity contribution in [3.63, 3.8) is 0 Å². The van der Waals surface area contributed by atoms with Gasteiger partial charge in [-0.15, -0.1) is 0 Å². The third-order valence-electron chi connectivity index (χ3n) is 9.61. The number of aryl methyl sites for hydroxylation is 2. The fourth-order valence-corrected chi connectivity index (χ4v) is 6.88. The molecule has 0 bridgehead atoms. The van der Waals surface area contributed by atoms with Gasteiger partial charge in [-0.2, -0.15) is 5.26 Å². The maximum atomic E-state index is 13.6. The number of benzene rings is 2. The Labute approximate surface area is 411 Å². The van der Waals surface area contributed by atoms with Crippen LogP contribution in [-0.2, 0) is 22.4 Å². The number of nitrogens with two attached hydrogens (primary N) is 2. The predicted molar refractivity (Wildman–Crippen MR) is 252 cm³/mol. The van der Waals surface area contributed by atoms with E-state index in [4.69, 9.17) is 40.4 Å². The lowest BCUT2D eigenvalue weighted by atomic mass is 10.2. The summed E-state index contributed by atoms with van der Waals surface area (Å²) in [5.41, 5.74) is 13.4. The summed E-state index contributed by atoms with van der Waals surface area (Å²) < 4.78 is 48.7. The Kier molecular flexibility index (Phi) is 20.2. The number of amides is 2. The van der Waals surface area contributed by atoms with Gasteiger partial charge in [-0.05, 0) is 155 Å². The van der Waals surface area contributed by atoms with E-state index < -0.39 is 23.1 Å². The van der Waals surface area contributed by atoms with Crippen LogP contribution in [0.1, 0.15) is 69.7 Å². The van der Waals surface area contributed by atoms with Crippen molar-refractivity contribution in [1.29, 1.82) is 10.7 Å². The largest absolute Gasteiger partial charge is 0.446 e. The van der Waals surface area contributed by atoms with E-state index in [1.807, 2.05) is 0 Å². The molecule has 7 N–H and O–H groups in total. The normalized spacial score (nSPS) is 12.9. The number of carbonyl (C=O) groups is 2. The van der Waals surface area contributed by atoms with Crippen LogP contribution in [0.15, 0.2) is 78.2 Å². The quantitative estimate of drug-likeness (QED) is 0.0492. The van der Waals surface area contributed by atoms with Gasteiger partial charge in [0, 0.05) is 26.3 Å². The fourth-order valence-electron chi connectivity index (χ4n) is 5.93. The molecule has 0 atom stereocenters. The van der Waals surface area contributed by atoms with Crippen LogP contribution in [0, 0.1) is 40.2 Å². The van der Waals surface area contributed by atoms with Crippen molar-refractivity contribution < 1.29 is 36.7 Å². The summed E-state index contributed by atoms with van der Waals surface area (Å²) in [6.45, 7) is 2.24. The van der Waals surface area contributed by atoms with Gasteiger partial charge in [-0.1, -0.05) is 32.4 Å². The number of aromatic nitrogens is 8. The first kappa shape index (κ1) is 53.3. The lowest BCUT2D eigenvalue weighted by Crippen LogP contribution is -2.37. The van der Waals surface area contributed by atoms with Crippen LogP contribution in [0.4, 0.5) is 8.78 Å². The van der Waals surface area contributed by atoms with Crippen LogP contribution in [0.3, 0.4) is 0 Å². The highest BCUT2D eigenvalue weighted by atomic mass is 79.9. The second kappa shape index (κ2) is 26.2.